The Kier molecular flexibility index (Phi) is 6.01. The third-order valence-electron chi connectivity index (χ3n) is 2.63. The second-order valence-electron chi connectivity index (χ2n) is 4.27. The molecule has 0 radical (unpaired) electrons. The fourth-order valence-corrected chi connectivity index (χ4v) is 2.35. The molecule has 0 saturated heterocycles. The Morgan fingerprint density at radius 2 is 1.91 bits per heavy atom. The summed E-state index contributed by atoms with van der Waals surface area (Å²) in [6, 6.07) is 16.2. The molecule has 0 aliphatic carbocycles. The van der Waals surface area contributed by atoms with Crippen LogP contribution in [0.4, 0.5) is 0 Å². The van der Waals surface area contributed by atoms with Crippen LogP contribution < -0.4 is 5.43 Å². The number of carbonyl (C=O) groups is 1. The molecule has 0 aliphatic rings. The molecule has 0 unspecified atom stereocenters. The van der Waals surface area contributed by atoms with E-state index in [2.05, 4.69) is 10.5 Å². The highest BCUT2D eigenvalue weighted by molar-refractivity contribution is 8.00. The van der Waals surface area contributed by atoms with Gasteiger partial charge in [-0.1, -0.05) is 23.7 Å². The number of carbonyl (C=O) groups excluding carboxylic acids is 1. The first kappa shape index (κ1) is 16.1. The Morgan fingerprint density at radius 1 is 1.23 bits per heavy atom. The molecule has 1 N–H and O–H groups in total. The standard InChI is InChI=1S/C16H12ClN3OS/c17-14-5-7-15(8-6-14)22-11-16(21)20-19-10-13-3-1-12(9-18)2-4-13/h1-8,10H,11H2,(H,20,21)/b19-10+. The van der Waals surface area contributed by atoms with Crippen LogP contribution in [-0.2, 0) is 4.79 Å². The van der Waals surface area contributed by atoms with E-state index in [4.69, 9.17) is 16.9 Å². The van der Waals surface area contributed by atoms with Crippen molar-refractivity contribution in [2.24, 2.45) is 5.10 Å². The summed E-state index contributed by atoms with van der Waals surface area (Å²) in [5.41, 5.74) is 3.85. The zero-order valence-electron chi connectivity index (χ0n) is 11.5. The van der Waals surface area contributed by atoms with E-state index in [9.17, 15) is 4.79 Å². The van der Waals surface area contributed by atoms with E-state index in [1.54, 1.807) is 36.4 Å². The molecule has 0 heterocycles. The van der Waals surface area contributed by atoms with Crippen LogP contribution in [0.5, 0.6) is 0 Å². The number of nitrogens with zero attached hydrogens (tertiary/aromatic N) is 2. The van der Waals surface area contributed by atoms with E-state index in [1.165, 1.54) is 18.0 Å². The van der Waals surface area contributed by atoms with Gasteiger partial charge in [0.15, 0.2) is 0 Å². The number of hydrazone groups is 1. The summed E-state index contributed by atoms with van der Waals surface area (Å²) in [7, 11) is 0. The monoisotopic (exact) mass is 329 g/mol. The second-order valence-corrected chi connectivity index (χ2v) is 5.75. The predicted octanol–water partition coefficient (Wildman–Crippen LogP) is 3.45. The number of rotatable bonds is 5. The van der Waals surface area contributed by atoms with E-state index < -0.39 is 0 Å². The molecule has 0 atom stereocenters. The lowest BCUT2D eigenvalue weighted by atomic mass is 10.2. The van der Waals surface area contributed by atoms with Gasteiger partial charge < -0.3 is 0 Å². The third-order valence-corrected chi connectivity index (χ3v) is 3.89. The Bertz CT molecular complexity index is 706. The summed E-state index contributed by atoms with van der Waals surface area (Å²) >= 11 is 7.20. The van der Waals surface area contributed by atoms with Crippen LogP contribution in [0.3, 0.4) is 0 Å². The molecular weight excluding hydrogens is 318 g/mol. The maximum atomic E-state index is 11.7. The number of nitriles is 1. The van der Waals surface area contributed by atoms with Crippen LogP contribution in [0.25, 0.3) is 0 Å². The van der Waals surface area contributed by atoms with Crippen molar-refractivity contribution in [2.75, 3.05) is 5.75 Å². The van der Waals surface area contributed by atoms with Crippen molar-refractivity contribution in [3.63, 3.8) is 0 Å². The quantitative estimate of drug-likeness (QED) is 0.519. The number of thioether (sulfide) groups is 1. The number of hydrogen-bond donors (Lipinski definition) is 1. The van der Waals surface area contributed by atoms with Crippen molar-refractivity contribution >= 4 is 35.5 Å². The lowest BCUT2D eigenvalue weighted by molar-refractivity contribution is -0.118. The molecule has 0 aliphatic heterocycles. The SMILES string of the molecule is N#Cc1ccc(/C=N/NC(=O)CSc2ccc(Cl)cc2)cc1. The minimum atomic E-state index is -0.190. The molecule has 0 aromatic heterocycles. The minimum Gasteiger partial charge on any atom is -0.272 e. The van der Waals surface area contributed by atoms with Gasteiger partial charge in [0.1, 0.15) is 0 Å². The maximum Gasteiger partial charge on any atom is 0.250 e. The number of benzene rings is 2. The highest BCUT2D eigenvalue weighted by atomic mass is 35.5. The van der Waals surface area contributed by atoms with Gasteiger partial charge in [-0.3, -0.25) is 4.79 Å². The van der Waals surface area contributed by atoms with Crippen molar-refractivity contribution in [2.45, 2.75) is 4.90 Å². The van der Waals surface area contributed by atoms with Crippen LogP contribution >= 0.6 is 23.4 Å². The Balaban J connectivity index is 1.78. The van der Waals surface area contributed by atoms with E-state index in [0.29, 0.717) is 10.6 Å². The van der Waals surface area contributed by atoms with Crippen molar-refractivity contribution in [3.05, 3.63) is 64.7 Å². The molecule has 0 bridgehead atoms. The number of amides is 1. The molecule has 2 aromatic carbocycles. The molecular formula is C16H12ClN3OS. The van der Waals surface area contributed by atoms with Crippen molar-refractivity contribution < 1.29 is 4.79 Å². The normalized spacial score (nSPS) is 10.4. The Labute approximate surface area is 137 Å². The van der Waals surface area contributed by atoms with Gasteiger partial charge in [0, 0.05) is 9.92 Å². The number of nitrogens with one attached hydrogen (secondary N) is 1. The summed E-state index contributed by atoms with van der Waals surface area (Å²) < 4.78 is 0. The van der Waals surface area contributed by atoms with Gasteiger partial charge >= 0.3 is 0 Å². The first-order valence-electron chi connectivity index (χ1n) is 6.38. The second kappa shape index (κ2) is 8.23. The van der Waals surface area contributed by atoms with E-state index in [0.717, 1.165) is 10.5 Å². The Morgan fingerprint density at radius 3 is 2.55 bits per heavy atom. The molecule has 2 rings (SSSR count). The molecule has 6 heteroatoms. The summed E-state index contributed by atoms with van der Waals surface area (Å²) in [6.07, 6.45) is 1.53. The van der Waals surface area contributed by atoms with Gasteiger partial charge in [-0.15, -0.1) is 11.8 Å². The van der Waals surface area contributed by atoms with Crippen LogP contribution in [-0.4, -0.2) is 17.9 Å². The van der Waals surface area contributed by atoms with E-state index in [1.807, 2.05) is 18.2 Å². The molecule has 0 spiro atoms. The third kappa shape index (κ3) is 5.24. The zero-order chi connectivity index (χ0) is 15.8. The van der Waals surface area contributed by atoms with Crippen molar-refractivity contribution in [3.8, 4) is 6.07 Å². The Hall–Kier alpha value is -2.29. The largest absolute Gasteiger partial charge is 0.272 e. The lowest BCUT2D eigenvalue weighted by Crippen LogP contribution is -2.19. The first-order chi connectivity index (χ1) is 10.7. The van der Waals surface area contributed by atoms with Crippen LogP contribution in [0.2, 0.25) is 5.02 Å². The number of halogens is 1. The van der Waals surface area contributed by atoms with Crippen LogP contribution in [0, 0.1) is 11.3 Å². The van der Waals surface area contributed by atoms with Gasteiger partial charge in [0.05, 0.1) is 23.6 Å². The molecule has 0 fully saturated rings. The van der Waals surface area contributed by atoms with Crippen LogP contribution in [0.1, 0.15) is 11.1 Å². The average Bonchev–Trinajstić information content (AvgIpc) is 2.55. The predicted molar refractivity (Wildman–Crippen MR) is 89.1 cm³/mol. The lowest BCUT2D eigenvalue weighted by Gasteiger charge is -2.01. The fourth-order valence-electron chi connectivity index (χ4n) is 1.53. The molecule has 2 aromatic rings. The highest BCUT2D eigenvalue weighted by Crippen LogP contribution is 2.19. The molecule has 1 amide bonds. The van der Waals surface area contributed by atoms with Gasteiger partial charge in [-0.05, 0) is 42.0 Å². The molecule has 4 nitrogen and oxygen atoms in total. The topological polar surface area (TPSA) is 65.2 Å². The molecule has 0 saturated carbocycles. The first-order valence-corrected chi connectivity index (χ1v) is 7.74. The number of hydrogen-bond acceptors (Lipinski definition) is 4. The van der Waals surface area contributed by atoms with Crippen molar-refractivity contribution in [1.82, 2.24) is 5.43 Å². The zero-order valence-corrected chi connectivity index (χ0v) is 13.1. The van der Waals surface area contributed by atoms with E-state index >= 15 is 0 Å². The van der Waals surface area contributed by atoms with Gasteiger partial charge in [-0.2, -0.15) is 10.4 Å². The summed E-state index contributed by atoms with van der Waals surface area (Å²) in [6.45, 7) is 0. The minimum absolute atomic E-state index is 0.190. The summed E-state index contributed by atoms with van der Waals surface area (Å²) in [5, 5.41) is 13.2. The van der Waals surface area contributed by atoms with Gasteiger partial charge in [0.2, 0.25) is 5.91 Å². The highest BCUT2D eigenvalue weighted by Gasteiger charge is 2.01. The van der Waals surface area contributed by atoms with Crippen molar-refractivity contribution in [1.29, 1.82) is 5.26 Å². The maximum absolute atomic E-state index is 11.7. The molecule has 110 valence electrons. The summed E-state index contributed by atoms with van der Waals surface area (Å²) in [4.78, 5) is 12.6. The van der Waals surface area contributed by atoms with Gasteiger partial charge in [0.25, 0.3) is 0 Å². The van der Waals surface area contributed by atoms with E-state index in [-0.39, 0.29) is 11.7 Å². The molecule has 22 heavy (non-hydrogen) atoms. The smallest absolute Gasteiger partial charge is 0.250 e. The van der Waals surface area contributed by atoms with Gasteiger partial charge in [-0.25, -0.2) is 5.43 Å². The van der Waals surface area contributed by atoms with Crippen LogP contribution in [0.15, 0.2) is 58.5 Å². The average molecular weight is 330 g/mol. The fraction of sp³-hybridized carbons (Fsp3) is 0.0625. The summed E-state index contributed by atoms with van der Waals surface area (Å²) in [5.74, 6) is 0.0802.